The monoisotopic (exact) mass is 388 g/mol. The molecule has 0 spiro atoms. The molecular formula is C17H24O8S. The summed E-state index contributed by atoms with van der Waals surface area (Å²) in [6, 6.07) is 6.25. The second-order valence-corrected chi connectivity index (χ2v) is 8.56. The zero-order valence-corrected chi connectivity index (χ0v) is 16.0. The van der Waals surface area contributed by atoms with E-state index < -0.39 is 46.6 Å². The van der Waals surface area contributed by atoms with Crippen LogP contribution >= 0.6 is 0 Å². The summed E-state index contributed by atoms with van der Waals surface area (Å²) in [5.74, 6) is -2.55. The summed E-state index contributed by atoms with van der Waals surface area (Å²) in [6.07, 6.45) is -2.55. The molecule has 0 bridgehead atoms. The lowest BCUT2D eigenvalue weighted by Gasteiger charge is -2.37. The molecule has 2 heterocycles. The van der Waals surface area contributed by atoms with E-state index in [1.54, 1.807) is 26.0 Å². The van der Waals surface area contributed by atoms with Crippen LogP contribution in [0.15, 0.2) is 29.2 Å². The minimum atomic E-state index is -4.03. The number of benzene rings is 1. The number of hydrogen-bond acceptors (Lipinski definition) is 8. The van der Waals surface area contributed by atoms with Gasteiger partial charge in [-0.25, -0.2) is 0 Å². The van der Waals surface area contributed by atoms with E-state index >= 15 is 0 Å². The highest BCUT2D eigenvalue weighted by Gasteiger charge is 2.59. The molecule has 26 heavy (non-hydrogen) atoms. The maximum atomic E-state index is 12.4. The van der Waals surface area contributed by atoms with Crippen molar-refractivity contribution in [1.82, 2.24) is 0 Å². The molecule has 0 amide bonds. The summed E-state index contributed by atoms with van der Waals surface area (Å²) in [4.78, 5) is 0.0139. The number of hydrogen-bond donors (Lipinski definition) is 1. The first-order valence-corrected chi connectivity index (χ1v) is 9.68. The van der Waals surface area contributed by atoms with Gasteiger partial charge in [0.05, 0.1) is 11.5 Å². The average Bonchev–Trinajstić information content (AvgIpc) is 2.85. The van der Waals surface area contributed by atoms with Gasteiger partial charge >= 0.3 is 0 Å². The molecule has 146 valence electrons. The number of rotatable bonds is 5. The molecule has 0 unspecified atom stereocenters. The summed E-state index contributed by atoms with van der Waals surface area (Å²) in [5, 5.41) is 10.7. The van der Waals surface area contributed by atoms with E-state index in [0.717, 1.165) is 5.56 Å². The third-order valence-corrected chi connectivity index (χ3v) is 5.84. The highest BCUT2D eigenvalue weighted by molar-refractivity contribution is 7.86. The third kappa shape index (κ3) is 3.65. The van der Waals surface area contributed by atoms with Gasteiger partial charge in [0, 0.05) is 7.11 Å². The Kier molecular flexibility index (Phi) is 5.17. The number of aliphatic hydroxyl groups excluding tert-OH is 1. The average molecular weight is 388 g/mol. The second-order valence-electron chi connectivity index (χ2n) is 6.94. The van der Waals surface area contributed by atoms with Crippen molar-refractivity contribution in [2.45, 2.75) is 55.6 Å². The second kappa shape index (κ2) is 6.83. The van der Waals surface area contributed by atoms with Crippen molar-refractivity contribution in [2.75, 3.05) is 20.3 Å². The fourth-order valence-electron chi connectivity index (χ4n) is 3.04. The van der Waals surface area contributed by atoms with Crippen molar-refractivity contribution >= 4 is 10.1 Å². The van der Waals surface area contributed by atoms with Crippen LogP contribution < -0.4 is 0 Å². The van der Waals surface area contributed by atoms with E-state index in [0.29, 0.717) is 0 Å². The number of ether oxygens (including phenoxy) is 4. The zero-order chi connectivity index (χ0) is 19.2. The predicted molar refractivity (Wildman–Crippen MR) is 89.8 cm³/mol. The summed E-state index contributed by atoms with van der Waals surface area (Å²) < 4.78 is 52.3. The van der Waals surface area contributed by atoms with Crippen LogP contribution in [0.25, 0.3) is 0 Å². The van der Waals surface area contributed by atoms with Crippen LogP contribution in [0, 0.1) is 6.92 Å². The van der Waals surface area contributed by atoms with Gasteiger partial charge in [0.15, 0.2) is 5.79 Å². The molecule has 3 rings (SSSR count). The molecule has 2 saturated heterocycles. The molecule has 2 aliphatic rings. The van der Waals surface area contributed by atoms with E-state index in [1.807, 2.05) is 6.92 Å². The van der Waals surface area contributed by atoms with Crippen LogP contribution in [0.5, 0.6) is 0 Å². The molecule has 0 saturated carbocycles. The van der Waals surface area contributed by atoms with Crippen LogP contribution in [0.1, 0.15) is 19.4 Å². The van der Waals surface area contributed by atoms with Gasteiger partial charge in [0.1, 0.15) is 24.9 Å². The fraction of sp³-hybridized carbons (Fsp3) is 0.647. The van der Waals surface area contributed by atoms with Crippen LogP contribution in [-0.2, 0) is 33.2 Å². The van der Waals surface area contributed by atoms with Gasteiger partial charge in [-0.05, 0) is 32.9 Å². The minimum Gasteiger partial charge on any atom is -0.385 e. The molecular weight excluding hydrogens is 364 g/mol. The van der Waals surface area contributed by atoms with Crippen molar-refractivity contribution in [3.05, 3.63) is 29.8 Å². The van der Waals surface area contributed by atoms with E-state index in [4.69, 9.17) is 23.1 Å². The number of fused-ring (bicyclic) bond motifs is 1. The zero-order valence-electron chi connectivity index (χ0n) is 15.2. The standard InChI is InChI=1S/C17H24O8S/c1-11-5-7-12(8-6-11)26(19,20)23-10-17(21-4)15(18)14-13(24-17)9-22-16(2,3)25-14/h5-8,13-15,18H,9-10H2,1-4H3/t13-,14+,15-,17+/m0/s1. The molecule has 8 nitrogen and oxygen atoms in total. The van der Waals surface area contributed by atoms with Crippen LogP contribution in [0.2, 0.25) is 0 Å². The number of methoxy groups -OCH3 is 1. The third-order valence-electron chi connectivity index (χ3n) is 4.56. The molecule has 0 aliphatic carbocycles. The van der Waals surface area contributed by atoms with Gasteiger partial charge in [-0.15, -0.1) is 0 Å². The van der Waals surface area contributed by atoms with Crippen LogP contribution in [0.4, 0.5) is 0 Å². The molecule has 1 aromatic carbocycles. The molecule has 9 heteroatoms. The topological polar surface area (TPSA) is 101 Å². The molecule has 2 fully saturated rings. The smallest absolute Gasteiger partial charge is 0.297 e. The maximum Gasteiger partial charge on any atom is 0.297 e. The van der Waals surface area contributed by atoms with Gasteiger partial charge in [0.25, 0.3) is 10.1 Å². The van der Waals surface area contributed by atoms with Crippen molar-refractivity contribution < 1.29 is 36.7 Å². The van der Waals surface area contributed by atoms with Crippen molar-refractivity contribution in [3.8, 4) is 0 Å². The van der Waals surface area contributed by atoms with Crippen LogP contribution in [-0.4, -0.2) is 63.7 Å². The number of aryl methyl sites for hydroxylation is 1. The molecule has 1 N–H and O–H groups in total. The minimum absolute atomic E-state index is 0.0139. The molecule has 2 aliphatic heterocycles. The first-order chi connectivity index (χ1) is 12.1. The normalized spacial score (nSPS) is 33.8. The van der Waals surface area contributed by atoms with Gasteiger partial charge in [-0.1, -0.05) is 17.7 Å². The largest absolute Gasteiger partial charge is 0.385 e. The fourth-order valence-corrected chi connectivity index (χ4v) is 3.97. The quantitative estimate of drug-likeness (QED) is 0.745. The Hall–Kier alpha value is -1.07. The molecule has 4 atom stereocenters. The first-order valence-electron chi connectivity index (χ1n) is 8.27. The Morgan fingerprint density at radius 3 is 2.50 bits per heavy atom. The first kappa shape index (κ1) is 19.7. The summed E-state index contributed by atoms with van der Waals surface area (Å²) in [5.41, 5.74) is 0.927. The predicted octanol–water partition coefficient (Wildman–Crippen LogP) is 0.954. The van der Waals surface area contributed by atoms with Crippen molar-refractivity contribution in [2.24, 2.45) is 0 Å². The lowest BCUT2D eigenvalue weighted by atomic mass is 10.0. The Bertz CT molecular complexity index is 745. The SMILES string of the molecule is CO[C@]1(COS(=O)(=O)c2ccc(C)cc2)O[C@H]2COC(C)(C)O[C@H]2[C@@H]1O. The highest BCUT2D eigenvalue weighted by atomic mass is 32.2. The van der Waals surface area contributed by atoms with Crippen molar-refractivity contribution in [3.63, 3.8) is 0 Å². The lowest BCUT2D eigenvalue weighted by Crippen LogP contribution is -2.53. The summed E-state index contributed by atoms with van der Waals surface area (Å²) >= 11 is 0. The maximum absolute atomic E-state index is 12.4. The van der Waals surface area contributed by atoms with Gasteiger partial charge < -0.3 is 24.1 Å². The molecule has 0 aromatic heterocycles. The Morgan fingerprint density at radius 2 is 1.88 bits per heavy atom. The van der Waals surface area contributed by atoms with E-state index in [9.17, 15) is 13.5 Å². The summed E-state index contributed by atoms with van der Waals surface area (Å²) in [7, 11) is -2.72. The van der Waals surface area contributed by atoms with E-state index in [-0.39, 0.29) is 11.5 Å². The molecule has 1 aromatic rings. The number of aliphatic hydroxyl groups is 1. The van der Waals surface area contributed by atoms with Gasteiger partial charge in [0.2, 0.25) is 5.79 Å². The van der Waals surface area contributed by atoms with Gasteiger partial charge in [-0.3, -0.25) is 4.18 Å². The van der Waals surface area contributed by atoms with Gasteiger partial charge in [-0.2, -0.15) is 8.42 Å². The molecule has 0 radical (unpaired) electrons. The van der Waals surface area contributed by atoms with Crippen molar-refractivity contribution in [1.29, 1.82) is 0 Å². The highest BCUT2D eigenvalue weighted by Crippen LogP contribution is 2.39. The Labute approximate surface area is 153 Å². The van der Waals surface area contributed by atoms with E-state index in [2.05, 4.69) is 0 Å². The summed E-state index contributed by atoms with van der Waals surface area (Å²) in [6.45, 7) is 4.97. The van der Waals surface area contributed by atoms with E-state index in [1.165, 1.54) is 19.2 Å². The van der Waals surface area contributed by atoms with Crippen LogP contribution in [0.3, 0.4) is 0 Å². The Morgan fingerprint density at radius 1 is 1.23 bits per heavy atom. The lowest BCUT2D eigenvalue weighted by molar-refractivity contribution is -0.303. The Balaban J connectivity index is 1.76.